The van der Waals surface area contributed by atoms with E-state index in [1.165, 1.54) is 5.01 Å². The minimum Gasteiger partial charge on any atom is -0.497 e. The van der Waals surface area contributed by atoms with Crippen LogP contribution in [0.5, 0.6) is 17.2 Å². The molecule has 0 saturated heterocycles. The molecule has 3 aromatic rings. The molecule has 0 radical (unpaired) electrons. The molecule has 178 valence electrons. The number of hydrogen-bond acceptors (Lipinski definition) is 7. The molecule has 0 bridgehead atoms. The molecule has 0 N–H and O–H groups in total. The first kappa shape index (κ1) is 22.5. The van der Waals surface area contributed by atoms with E-state index in [4.69, 9.17) is 18.9 Å². The van der Waals surface area contributed by atoms with Gasteiger partial charge in [-0.05, 0) is 41.5 Å². The summed E-state index contributed by atoms with van der Waals surface area (Å²) in [6.45, 7) is 0.431. The molecule has 0 aromatic heterocycles. The summed E-state index contributed by atoms with van der Waals surface area (Å²) >= 11 is 0. The normalized spacial score (nSPS) is 16.4. The van der Waals surface area contributed by atoms with Gasteiger partial charge in [-0.3, -0.25) is 4.79 Å². The standard InChI is InChI=1S/C27H24N2O6/c1-32-21-10-7-19(8-11-21)23-16-22(18-5-3-2-4-6-18)28-29(23)26(30)17-35-27(31)20-9-12-24-25(15-20)34-14-13-33-24/h2-12,15,23H,13-14,16-17H2,1H3/t23-/m0/s1. The Hall–Kier alpha value is -4.33. The molecule has 3 aromatic carbocycles. The minimum absolute atomic E-state index is 0.281. The second-order valence-corrected chi connectivity index (χ2v) is 8.08. The highest BCUT2D eigenvalue weighted by Gasteiger charge is 2.33. The van der Waals surface area contributed by atoms with Gasteiger partial charge in [0.05, 0.1) is 24.4 Å². The highest BCUT2D eigenvalue weighted by Crippen LogP contribution is 2.34. The van der Waals surface area contributed by atoms with Crippen molar-refractivity contribution in [2.75, 3.05) is 26.9 Å². The van der Waals surface area contributed by atoms with Crippen LogP contribution < -0.4 is 14.2 Å². The topological polar surface area (TPSA) is 86.7 Å². The lowest BCUT2D eigenvalue weighted by Crippen LogP contribution is -2.31. The molecule has 35 heavy (non-hydrogen) atoms. The summed E-state index contributed by atoms with van der Waals surface area (Å²) in [5.74, 6) is 0.743. The molecule has 0 aliphatic carbocycles. The van der Waals surface area contributed by atoms with Gasteiger partial charge in [-0.25, -0.2) is 9.80 Å². The lowest BCUT2D eigenvalue weighted by Gasteiger charge is -2.22. The second-order valence-electron chi connectivity index (χ2n) is 8.08. The molecule has 2 aliphatic heterocycles. The monoisotopic (exact) mass is 472 g/mol. The molecule has 8 heteroatoms. The lowest BCUT2D eigenvalue weighted by molar-refractivity contribution is -0.136. The number of amides is 1. The van der Waals surface area contributed by atoms with Crippen LogP contribution in [0.4, 0.5) is 0 Å². The van der Waals surface area contributed by atoms with Gasteiger partial charge in [0.2, 0.25) is 0 Å². The van der Waals surface area contributed by atoms with Crippen LogP contribution in [0.15, 0.2) is 77.9 Å². The molecule has 1 atom stereocenters. The molecular weight excluding hydrogens is 448 g/mol. The van der Waals surface area contributed by atoms with Crippen molar-refractivity contribution in [1.82, 2.24) is 5.01 Å². The Morgan fingerprint density at radius 3 is 2.46 bits per heavy atom. The minimum atomic E-state index is -0.622. The fraction of sp³-hybridized carbons (Fsp3) is 0.222. The van der Waals surface area contributed by atoms with Crippen molar-refractivity contribution >= 4 is 17.6 Å². The summed E-state index contributed by atoms with van der Waals surface area (Å²) in [5.41, 5.74) is 2.92. The first-order valence-corrected chi connectivity index (χ1v) is 11.3. The van der Waals surface area contributed by atoms with Crippen molar-refractivity contribution in [3.05, 3.63) is 89.5 Å². The van der Waals surface area contributed by atoms with E-state index >= 15 is 0 Å². The second kappa shape index (κ2) is 9.89. The zero-order valence-electron chi connectivity index (χ0n) is 19.2. The van der Waals surface area contributed by atoms with E-state index in [-0.39, 0.29) is 11.6 Å². The third-order valence-electron chi connectivity index (χ3n) is 5.88. The average Bonchev–Trinajstić information content (AvgIpc) is 3.37. The van der Waals surface area contributed by atoms with E-state index in [2.05, 4.69) is 5.10 Å². The van der Waals surface area contributed by atoms with Gasteiger partial charge >= 0.3 is 5.97 Å². The molecule has 0 unspecified atom stereocenters. The summed E-state index contributed by atoms with van der Waals surface area (Å²) in [7, 11) is 1.60. The molecule has 1 amide bonds. The Morgan fingerprint density at radius 2 is 1.71 bits per heavy atom. The number of rotatable bonds is 6. The highest BCUT2D eigenvalue weighted by atomic mass is 16.6. The number of hydrogen-bond donors (Lipinski definition) is 0. The lowest BCUT2D eigenvalue weighted by atomic mass is 9.98. The average molecular weight is 472 g/mol. The van der Waals surface area contributed by atoms with E-state index in [0.717, 1.165) is 22.6 Å². The van der Waals surface area contributed by atoms with Crippen LogP contribution in [0.3, 0.4) is 0 Å². The molecular formula is C27H24N2O6. The van der Waals surface area contributed by atoms with Gasteiger partial charge in [0.15, 0.2) is 18.1 Å². The van der Waals surface area contributed by atoms with Gasteiger partial charge in [0, 0.05) is 6.42 Å². The van der Waals surface area contributed by atoms with Gasteiger partial charge in [-0.15, -0.1) is 0 Å². The Bertz CT molecular complexity index is 1260. The van der Waals surface area contributed by atoms with Crippen LogP contribution in [0.25, 0.3) is 0 Å². The van der Waals surface area contributed by atoms with Crippen molar-refractivity contribution in [2.24, 2.45) is 5.10 Å². The summed E-state index contributed by atoms with van der Waals surface area (Å²) in [6.07, 6.45) is 0.540. The van der Waals surface area contributed by atoms with Gasteiger partial charge < -0.3 is 18.9 Å². The Labute approximate surface area is 202 Å². The van der Waals surface area contributed by atoms with E-state index in [0.29, 0.717) is 31.1 Å². The summed E-state index contributed by atoms with van der Waals surface area (Å²) < 4.78 is 21.6. The molecule has 0 fully saturated rings. The van der Waals surface area contributed by atoms with E-state index in [1.54, 1.807) is 25.3 Å². The van der Waals surface area contributed by atoms with E-state index in [1.807, 2.05) is 54.6 Å². The molecule has 2 heterocycles. The molecule has 5 rings (SSSR count). The summed E-state index contributed by atoms with van der Waals surface area (Å²) in [4.78, 5) is 25.8. The van der Waals surface area contributed by atoms with Crippen LogP contribution in [0.1, 0.15) is 33.9 Å². The van der Waals surface area contributed by atoms with Crippen LogP contribution in [0, 0.1) is 0 Å². The smallest absolute Gasteiger partial charge is 0.338 e. The number of hydrazone groups is 1. The van der Waals surface area contributed by atoms with Crippen molar-refractivity contribution in [3.8, 4) is 17.2 Å². The zero-order chi connectivity index (χ0) is 24.2. The van der Waals surface area contributed by atoms with Crippen LogP contribution in [-0.4, -0.2) is 49.5 Å². The number of carbonyl (C=O) groups is 2. The predicted molar refractivity (Wildman–Crippen MR) is 128 cm³/mol. The number of ether oxygens (including phenoxy) is 4. The SMILES string of the molecule is COc1ccc([C@@H]2CC(c3ccccc3)=NN2C(=O)COC(=O)c2ccc3c(c2)OCCO3)cc1. The quantitative estimate of drug-likeness (QED) is 0.504. The number of benzene rings is 3. The third kappa shape index (κ3) is 4.82. The number of nitrogens with zero attached hydrogens (tertiary/aromatic N) is 2. The van der Waals surface area contributed by atoms with Crippen LogP contribution in [-0.2, 0) is 9.53 Å². The molecule has 2 aliphatic rings. The fourth-order valence-electron chi connectivity index (χ4n) is 4.08. The summed E-state index contributed by atoms with van der Waals surface area (Å²) in [6, 6.07) is 21.7. The predicted octanol–water partition coefficient (Wildman–Crippen LogP) is 4.00. The fourth-order valence-corrected chi connectivity index (χ4v) is 4.08. The molecule has 0 saturated carbocycles. The Kier molecular flexibility index (Phi) is 6.34. The third-order valence-corrected chi connectivity index (χ3v) is 5.88. The first-order valence-electron chi connectivity index (χ1n) is 11.3. The largest absolute Gasteiger partial charge is 0.497 e. The highest BCUT2D eigenvalue weighted by molar-refractivity contribution is 6.03. The number of fused-ring (bicyclic) bond motifs is 1. The number of esters is 1. The zero-order valence-corrected chi connectivity index (χ0v) is 19.2. The van der Waals surface area contributed by atoms with Crippen molar-refractivity contribution < 1.29 is 28.5 Å². The van der Waals surface area contributed by atoms with Crippen molar-refractivity contribution in [3.63, 3.8) is 0 Å². The van der Waals surface area contributed by atoms with Crippen LogP contribution in [0.2, 0.25) is 0 Å². The maximum atomic E-state index is 13.2. The maximum Gasteiger partial charge on any atom is 0.338 e. The maximum absolute atomic E-state index is 13.2. The molecule has 8 nitrogen and oxygen atoms in total. The Balaban J connectivity index is 1.33. The van der Waals surface area contributed by atoms with Crippen LogP contribution >= 0.6 is 0 Å². The van der Waals surface area contributed by atoms with Crippen molar-refractivity contribution in [2.45, 2.75) is 12.5 Å². The summed E-state index contributed by atoms with van der Waals surface area (Å²) in [5, 5.41) is 6.01. The van der Waals surface area contributed by atoms with Gasteiger partial charge in [-0.2, -0.15) is 5.10 Å². The first-order chi connectivity index (χ1) is 17.1. The van der Waals surface area contributed by atoms with Crippen molar-refractivity contribution in [1.29, 1.82) is 0 Å². The van der Waals surface area contributed by atoms with Gasteiger partial charge in [-0.1, -0.05) is 42.5 Å². The van der Waals surface area contributed by atoms with Gasteiger partial charge in [0.25, 0.3) is 5.91 Å². The van der Waals surface area contributed by atoms with E-state index < -0.39 is 18.5 Å². The molecule has 0 spiro atoms. The van der Waals surface area contributed by atoms with E-state index in [9.17, 15) is 9.59 Å². The van der Waals surface area contributed by atoms with Gasteiger partial charge in [0.1, 0.15) is 19.0 Å². The number of carbonyl (C=O) groups excluding carboxylic acids is 2. The Morgan fingerprint density at radius 1 is 0.971 bits per heavy atom. The number of methoxy groups -OCH3 is 1.